The fourth-order valence-corrected chi connectivity index (χ4v) is 8.66. The molecule has 1 unspecified atom stereocenters. The van der Waals surface area contributed by atoms with E-state index < -0.39 is 26.5 Å². The summed E-state index contributed by atoms with van der Waals surface area (Å²) in [5.41, 5.74) is 5.32. The summed E-state index contributed by atoms with van der Waals surface area (Å²) < 4.78 is 46.1. The Labute approximate surface area is 383 Å². The molecule has 63 heavy (non-hydrogen) atoms. The van der Waals surface area contributed by atoms with Crippen molar-refractivity contribution in [3.05, 3.63) is 45.3 Å². The third-order valence-corrected chi connectivity index (χ3v) is 13.3. The number of hydrogen-bond donors (Lipinski definition) is 1. The van der Waals surface area contributed by atoms with Gasteiger partial charge < -0.3 is 28.1 Å². The van der Waals surface area contributed by atoms with Gasteiger partial charge in [-0.15, -0.1) is 0 Å². The SMILES string of the molecule is CCCCCc1oc(CCCCCCCCCCCCC(=O)O[C@H](COC(=O)CCCCCCCCCCc2oc(CCC)c(C)c2C)COP(=O)(O)OCCN(C)C)c(C)c1C. The van der Waals surface area contributed by atoms with Gasteiger partial charge in [-0.05, 0) is 103 Å². The minimum absolute atomic E-state index is 0.00263. The zero-order valence-electron chi connectivity index (χ0n) is 41.2. The van der Waals surface area contributed by atoms with Crippen molar-refractivity contribution in [2.75, 3.05) is 40.5 Å². The molecule has 2 aromatic rings. The third-order valence-electron chi connectivity index (χ3n) is 12.3. The fourth-order valence-electron chi connectivity index (χ4n) is 7.91. The van der Waals surface area contributed by atoms with Gasteiger partial charge in [0.15, 0.2) is 6.10 Å². The van der Waals surface area contributed by atoms with Gasteiger partial charge in [0.25, 0.3) is 0 Å². The van der Waals surface area contributed by atoms with Crippen LogP contribution in [-0.2, 0) is 58.4 Å². The van der Waals surface area contributed by atoms with Crippen LogP contribution < -0.4 is 0 Å². The van der Waals surface area contributed by atoms with E-state index in [0.29, 0.717) is 19.4 Å². The second-order valence-corrected chi connectivity index (χ2v) is 19.6. The van der Waals surface area contributed by atoms with E-state index in [4.69, 9.17) is 27.4 Å². The molecule has 0 bridgehead atoms. The van der Waals surface area contributed by atoms with E-state index in [-0.39, 0.29) is 32.0 Å². The topological polar surface area (TPSA) is 138 Å². The highest BCUT2D eigenvalue weighted by Crippen LogP contribution is 2.43. The number of rotatable bonds is 40. The average Bonchev–Trinajstić information content (AvgIpc) is 3.67. The molecule has 1 N–H and O–H groups in total. The fraction of sp³-hybridized carbons (Fsp3) is 0.804. The Morgan fingerprint density at radius 3 is 1.37 bits per heavy atom. The van der Waals surface area contributed by atoms with E-state index in [0.717, 1.165) is 88.6 Å². The van der Waals surface area contributed by atoms with Crippen LogP contribution >= 0.6 is 7.82 Å². The number of likely N-dealkylation sites (N-methyl/N-ethyl adjacent to an activating group) is 1. The Hall–Kier alpha value is -2.43. The van der Waals surface area contributed by atoms with Crippen molar-refractivity contribution in [1.82, 2.24) is 4.90 Å². The number of unbranched alkanes of at least 4 members (excludes halogenated alkanes) is 18. The lowest BCUT2D eigenvalue weighted by molar-refractivity contribution is -0.161. The third kappa shape index (κ3) is 25.7. The van der Waals surface area contributed by atoms with Crippen molar-refractivity contribution in [3.63, 3.8) is 0 Å². The maximum atomic E-state index is 12.8. The second kappa shape index (κ2) is 34.0. The van der Waals surface area contributed by atoms with Crippen LogP contribution in [0.3, 0.4) is 0 Å². The Bertz CT molecular complexity index is 1570. The summed E-state index contributed by atoms with van der Waals surface area (Å²) in [6, 6.07) is 0. The van der Waals surface area contributed by atoms with Gasteiger partial charge in [0.1, 0.15) is 29.6 Å². The standard InChI is InChI=1S/C51H90NO10P/c1-9-11-26-32-47-43(5)44(6)49(62-47)34-28-22-18-14-12-13-15-21-25-30-36-51(54)60-45(40-59-63(55,56)58-38-37-52(7)8)39-57-50(53)35-29-24-20-17-16-19-23-27-33-48-42(4)41(3)46(61-48)31-10-2/h45H,9-40H2,1-8H3,(H,55,56)/t45-/m1/s1. The van der Waals surface area contributed by atoms with Crippen LogP contribution in [0, 0.1) is 27.7 Å². The van der Waals surface area contributed by atoms with Crippen molar-refractivity contribution in [3.8, 4) is 0 Å². The van der Waals surface area contributed by atoms with E-state index in [9.17, 15) is 19.0 Å². The van der Waals surface area contributed by atoms with Crippen molar-refractivity contribution in [2.45, 2.75) is 227 Å². The van der Waals surface area contributed by atoms with Gasteiger partial charge >= 0.3 is 19.8 Å². The van der Waals surface area contributed by atoms with E-state index in [1.807, 2.05) is 19.0 Å². The smallest absolute Gasteiger partial charge is 0.466 e. The summed E-state index contributed by atoms with van der Waals surface area (Å²) in [5.74, 6) is 3.84. The number of carbonyl (C=O) groups excluding carboxylic acids is 2. The maximum absolute atomic E-state index is 12.8. The molecule has 2 aromatic heterocycles. The quantitative estimate of drug-likeness (QED) is 0.0388. The normalized spacial score (nSPS) is 13.2. The predicted molar refractivity (Wildman–Crippen MR) is 254 cm³/mol. The van der Waals surface area contributed by atoms with Gasteiger partial charge in [0, 0.05) is 45.1 Å². The lowest BCUT2D eigenvalue weighted by Gasteiger charge is -2.20. The molecule has 12 heteroatoms. The molecule has 0 saturated heterocycles. The first kappa shape index (κ1) is 56.7. The molecule has 0 saturated carbocycles. The molecule has 0 aromatic carbocycles. The Kier molecular flexibility index (Phi) is 30.6. The average molecular weight is 908 g/mol. The maximum Gasteiger partial charge on any atom is 0.472 e. The monoisotopic (exact) mass is 908 g/mol. The molecule has 0 spiro atoms. The summed E-state index contributed by atoms with van der Waals surface area (Å²) in [5, 5.41) is 0. The molecule has 11 nitrogen and oxygen atoms in total. The van der Waals surface area contributed by atoms with Crippen LogP contribution in [0.5, 0.6) is 0 Å². The number of esters is 2. The largest absolute Gasteiger partial charge is 0.472 e. The molecule has 0 amide bonds. The van der Waals surface area contributed by atoms with Crippen LogP contribution in [0.25, 0.3) is 0 Å². The number of phosphoric ester groups is 1. The lowest BCUT2D eigenvalue weighted by atomic mass is 10.0. The number of carbonyl (C=O) groups is 2. The molecular weight excluding hydrogens is 818 g/mol. The van der Waals surface area contributed by atoms with Gasteiger partial charge in [-0.2, -0.15) is 0 Å². The van der Waals surface area contributed by atoms with Crippen molar-refractivity contribution in [1.29, 1.82) is 0 Å². The highest BCUT2D eigenvalue weighted by Gasteiger charge is 2.26. The van der Waals surface area contributed by atoms with Gasteiger partial charge in [0.2, 0.25) is 0 Å². The summed E-state index contributed by atoms with van der Waals surface area (Å²) >= 11 is 0. The Balaban J connectivity index is 1.59. The van der Waals surface area contributed by atoms with Crippen molar-refractivity contribution >= 4 is 19.8 Å². The van der Waals surface area contributed by atoms with Gasteiger partial charge in [0.05, 0.1) is 13.2 Å². The number of furan rings is 2. The first-order valence-electron chi connectivity index (χ1n) is 25.0. The van der Waals surface area contributed by atoms with Crippen LogP contribution in [0.15, 0.2) is 8.83 Å². The molecule has 0 radical (unpaired) electrons. The summed E-state index contributed by atoms with van der Waals surface area (Å²) in [6.07, 6.45) is 28.0. The van der Waals surface area contributed by atoms with Gasteiger partial charge in [-0.3, -0.25) is 18.6 Å². The molecule has 2 heterocycles. The summed E-state index contributed by atoms with van der Waals surface area (Å²) in [7, 11) is -0.739. The van der Waals surface area contributed by atoms with Crippen LogP contribution in [-0.4, -0.2) is 68.3 Å². The zero-order chi connectivity index (χ0) is 46.3. The minimum Gasteiger partial charge on any atom is -0.466 e. The lowest BCUT2D eigenvalue weighted by Crippen LogP contribution is -2.29. The Morgan fingerprint density at radius 2 is 0.937 bits per heavy atom. The first-order chi connectivity index (χ1) is 30.3. The van der Waals surface area contributed by atoms with Crippen LogP contribution in [0.2, 0.25) is 0 Å². The molecule has 2 rings (SSSR count). The molecule has 2 atom stereocenters. The van der Waals surface area contributed by atoms with Crippen molar-refractivity contribution < 1.29 is 46.4 Å². The molecule has 0 aliphatic carbocycles. The highest BCUT2D eigenvalue weighted by molar-refractivity contribution is 7.47. The second-order valence-electron chi connectivity index (χ2n) is 18.2. The van der Waals surface area contributed by atoms with Crippen LogP contribution in [0.4, 0.5) is 0 Å². The number of ether oxygens (including phenoxy) is 2. The molecule has 364 valence electrons. The zero-order valence-corrected chi connectivity index (χ0v) is 42.1. The van der Waals surface area contributed by atoms with E-state index in [1.165, 1.54) is 111 Å². The molecule has 0 fully saturated rings. The minimum atomic E-state index is -4.39. The number of nitrogens with zero attached hydrogens (tertiary/aromatic N) is 1. The van der Waals surface area contributed by atoms with Gasteiger partial charge in [-0.25, -0.2) is 4.57 Å². The number of phosphoric acid groups is 1. The van der Waals surface area contributed by atoms with E-state index in [2.05, 4.69) is 41.5 Å². The van der Waals surface area contributed by atoms with E-state index in [1.54, 1.807) is 0 Å². The predicted octanol–water partition coefficient (Wildman–Crippen LogP) is 13.5. The molecule has 0 aliphatic rings. The highest BCUT2D eigenvalue weighted by atomic mass is 31.2. The van der Waals surface area contributed by atoms with Crippen LogP contribution in [0.1, 0.15) is 213 Å². The number of hydrogen-bond acceptors (Lipinski definition) is 10. The Morgan fingerprint density at radius 1 is 0.540 bits per heavy atom. The van der Waals surface area contributed by atoms with Crippen molar-refractivity contribution in [2.24, 2.45) is 0 Å². The summed E-state index contributed by atoms with van der Waals surface area (Å²) in [4.78, 5) is 37.4. The van der Waals surface area contributed by atoms with Gasteiger partial charge in [-0.1, -0.05) is 117 Å². The molecule has 0 aliphatic heterocycles. The number of aryl methyl sites for hydroxylation is 4. The first-order valence-corrected chi connectivity index (χ1v) is 26.5. The summed E-state index contributed by atoms with van der Waals surface area (Å²) in [6.45, 7) is 12.9. The molecular formula is C51H90NO10P. The van der Waals surface area contributed by atoms with E-state index >= 15 is 0 Å².